The van der Waals surface area contributed by atoms with Gasteiger partial charge < -0.3 is 19.5 Å². The molecule has 140 valence electrons. The average molecular weight is 364 g/mol. The van der Waals surface area contributed by atoms with Crippen molar-refractivity contribution in [1.82, 2.24) is 4.98 Å². The number of rotatable bonds is 2. The lowest BCUT2D eigenvalue weighted by Crippen LogP contribution is -2.43. The zero-order valence-electron chi connectivity index (χ0n) is 15.7. The van der Waals surface area contributed by atoms with Crippen LogP contribution in [0.1, 0.15) is 29.7 Å². The van der Waals surface area contributed by atoms with Crippen LogP contribution in [0.25, 0.3) is 0 Å². The number of ether oxygens (including phenoxy) is 2. The Hall–Kier alpha value is -2.53. The summed E-state index contributed by atoms with van der Waals surface area (Å²) in [6.45, 7) is 3.70. The molecule has 0 saturated heterocycles. The number of pyridine rings is 1. The summed E-state index contributed by atoms with van der Waals surface area (Å²) >= 11 is 0. The summed E-state index contributed by atoms with van der Waals surface area (Å²) in [5.74, 6) is 2.62. The van der Waals surface area contributed by atoms with E-state index >= 15 is 0 Å². The van der Waals surface area contributed by atoms with Crippen molar-refractivity contribution in [3.63, 3.8) is 0 Å². The van der Waals surface area contributed by atoms with Crippen LogP contribution in [-0.2, 0) is 12.0 Å². The highest BCUT2D eigenvalue weighted by Crippen LogP contribution is 2.55. The summed E-state index contributed by atoms with van der Waals surface area (Å²) in [6, 6.07) is 10.3. The van der Waals surface area contributed by atoms with Gasteiger partial charge in [0.05, 0.1) is 18.6 Å². The second kappa shape index (κ2) is 5.99. The molecule has 3 atom stereocenters. The lowest BCUT2D eigenvalue weighted by atomic mass is 9.69. The van der Waals surface area contributed by atoms with Gasteiger partial charge in [-0.3, -0.25) is 0 Å². The van der Waals surface area contributed by atoms with E-state index in [1.165, 1.54) is 11.1 Å². The molecule has 0 bridgehead atoms. The number of aliphatic hydroxyl groups excluding tert-OH is 1. The summed E-state index contributed by atoms with van der Waals surface area (Å²) in [4.78, 5) is 7.08. The van der Waals surface area contributed by atoms with Crippen LogP contribution in [-0.4, -0.2) is 36.0 Å². The highest BCUT2D eigenvalue weighted by Gasteiger charge is 2.52. The Balaban J connectivity index is 1.65. The number of hydrogen-bond donors (Lipinski definition) is 1. The summed E-state index contributed by atoms with van der Waals surface area (Å²) in [7, 11) is 1.68. The first-order valence-electron chi connectivity index (χ1n) is 9.54. The minimum absolute atomic E-state index is 0.0621. The zero-order valence-corrected chi connectivity index (χ0v) is 15.7. The smallest absolute Gasteiger partial charge is 0.166 e. The maximum atomic E-state index is 10.2. The Morgan fingerprint density at radius 3 is 3.00 bits per heavy atom. The molecule has 1 aliphatic carbocycles. The van der Waals surface area contributed by atoms with Crippen LogP contribution in [0.5, 0.6) is 11.5 Å². The molecule has 3 heterocycles. The summed E-state index contributed by atoms with van der Waals surface area (Å²) < 4.78 is 12.0. The SMILES string of the molecule is COc1ccc2c3c1O[C@H]1C[C@@H](O)C=C[C@@]31CCN(c1cccc(C)n1)C2. The fourth-order valence-electron chi connectivity index (χ4n) is 4.84. The fraction of sp³-hybridized carbons (Fsp3) is 0.409. The molecular formula is C22H24N2O3. The number of anilines is 1. The third kappa shape index (κ3) is 2.45. The van der Waals surface area contributed by atoms with Crippen molar-refractivity contribution in [3.05, 3.63) is 59.3 Å². The van der Waals surface area contributed by atoms with Gasteiger partial charge in [0.2, 0.25) is 0 Å². The molecule has 5 heteroatoms. The van der Waals surface area contributed by atoms with Crippen molar-refractivity contribution in [3.8, 4) is 11.5 Å². The number of aliphatic hydroxyl groups is 1. The predicted molar refractivity (Wildman–Crippen MR) is 103 cm³/mol. The quantitative estimate of drug-likeness (QED) is 0.830. The minimum atomic E-state index is -0.456. The normalized spacial score (nSPS) is 28.2. The average Bonchev–Trinajstić information content (AvgIpc) is 2.89. The third-order valence-electron chi connectivity index (χ3n) is 6.15. The Kier molecular flexibility index (Phi) is 3.69. The van der Waals surface area contributed by atoms with E-state index in [-0.39, 0.29) is 11.5 Å². The van der Waals surface area contributed by atoms with E-state index < -0.39 is 6.10 Å². The molecule has 1 N–H and O–H groups in total. The number of hydrogen-bond acceptors (Lipinski definition) is 5. The standard InChI is InChI=1S/C22H24N2O3/c1-14-4-3-5-19(23-14)24-11-10-22-9-8-16(25)12-18(22)27-21-17(26-2)7-6-15(13-24)20(21)22/h3-9,16,18,25H,10-13H2,1-2H3/t16-,18-,22-/m0/s1. The van der Waals surface area contributed by atoms with Crippen LogP contribution >= 0.6 is 0 Å². The topological polar surface area (TPSA) is 54.8 Å². The van der Waals surface area contributed by atoms with E-state index in [9.17, 15) is 5.11 Å². The highest BCUT2D eigenvalue weighted by atomic mass is 16.5. The van der Waals surface area contributed by atoms with Crippen molar-refractivity contribution >= 4 is 5.82 Å². The van der Waals surface area contributed by atoms with Gasteiger partial charge >= 0.3 is 0 Å². The van der Waals surface area contributed by atoms with Gasteiger partial charge in [-0.1, -0.05) is 24.3 Å². The van der Waals surface area contributed by atoms with Crippen LogP contribution < -0.4 is 14.4 Å². The zero-order chi connectivity index (χ0) is 18.6. The van der Waals surface area contributed by atoms with E-state index in [0.717, 1.165) is 42.5 Å². The second-order valence-corrected chi connectivity index (χ2v) is 7.75. The molecule has 2 aromatic rings. The third-order valence-corrected chi connectivity index (χ3v) is 6.15. The second-order valence-electron chi connectivity index (χ2n) is 7.75. The van der Waals surface area contributed by atoms with Gasteiger partial charge in [-0.05, 0) is 37.1 Å². The van der Waals surface area contributed by atoms with Crippen molar-refractivity contribution in [2.45, 2.75) is 43.9 Å². The first-order valence-corrected chi connectivity index (χ1v) is 9.54. The molecule has 0 radical (unpaired) electrons. The maximum absolute atomic E-state index is 10.2. The van der Waals surface area contributed by atoms with Crippen molar-refractivity contribution in [2.75, 3.05) is 18.6 Å². The number of aryl methyl sites for hydroxylation is 1. The Bertz CT molecular complexity index is 926. The van der Waals surface area contributed by atoms with Gasteiger partial charge in [0.1, 0.15) is 11.9 Å². The Morgan fingerprint density at radius 1 is 1.30 bits per heavy atom. The first-order chi connectivity index (χ1) is 13.1. The molecule has 0 amide bonds. The molecule has 27 heavy (non-hydrogen) atoms. The summed E-state index contributed by atoms with van der Waals surface area (Å²) in [6.07, 6.45) is 5.11. The van der Waals surface area contributed by atoms with Crippen LogP contribution in [0.15, 0.2) is 42.5 Å². The minimum Gasteiger partial charge on any atom is -0.493 e. The molecule has 0 saturated carbocycles. The first kappa shape index (κ1) is 16.6. The van der Waals surface area contributed by atoms with Crippen LogP contribution in [0, 0.1) is 6.92 Å². The maximum Gasteiger partial charge on any atom is 0.166 e. The Morgan fingerprint density at radius 2 is 2.19 bits per heavy atom. The molecule has 3 aliphatic rings. The molecule has 5 nitrogen and oxygen atoms in total. The van der Waals surface area contributed by atoms with Gasteiger partial charge in [-0.2, -0.15) is 0 Å². The molecule has 1 aromatic carbocycles. The van der Waals surface area contributed by atoms with E-state index in [4.69, 9.17) is 14.5 Å². The lowest BCUT2D eigenvalue weighted by Gasteiger charge is -2.35. The summed E-state index contributed by atoms with van der Waals surface area (Å²) in [5.41, 5.74) is 3.29. The van der Waals surface area contributed by atoms with Gasteiger partial charge in [-0.25, -0.2) is 4.98 Å². The lowest BCUT2D eigenvalue weighted by molar-refractivity contribution is 0.0856. The van der Waals surface area contributed by atoms with E-state index in [2.05, 4.69) is 29.2 Å². The van der Waals surface area contributed by atoms with Gasteiger partial charge in [0.25, 0.3) is 0 Å². The Labute approximate surface area is 159 Å². The number of benzene rings is 1. The van der Waals surface area contributed by atoms with Gasteiger partial charge in [-0.15, -0.1) is 0 Å². The summed E-state index contributed by atoms with van der Waals surface area (Å²) in [5, 5.41) is 10.2. The number of nitrogens with zero attached hydrogens (tertiary/aromatic N) is 2. The monoisotopic (exact) mass is 364 g/mol. The molecule has 1 aromatic heterocycles. The van der Waals surface area contributed by atoms with Crippen molar-refractivity contribution in [2.24, 2.45) is 0 Å². The van der Waals surface area contributed by atoms with E-state index in [1.54, 1.807) is 7.11 Å². The van der Waals surface area contributed by atoms with Crippen LogP contribution in [0.4, 0.5) is 5.82 Å². The molecule has 0 unspecified atom stereocenters. The number of methoxy groups -OCH3 is 1. The largest absolute Gasteiger partial charge is 0.493 e. The molecular weight excluding hydrogens is 340 g/mol. The van der Waals surface area contributed by atoms with Crippen LogP contribution in [0.2, 0.25) is 0 Å². The van der Waals surface area contributed by atoms with Crippen LogP contribution in [0.3, 0.4) is 0 Å². The number of aromatic nitrogens is 1. The van der Waals surface area contributed by atoms with Gasteiger partial charge in [0.15, 0.2) is 11.5 Å². The van der Waals surface area contributed by atoms with Crippen molar-refractivity contribution < 1.29 is 14.6 Å². The van der Waals surface area contributed by atoms with E-state index in [1.807, 2.05) is 25.1 Å². The van der Waals surface area contributed by atoms with Gasteiger partial charge in [0, 0.05) is 30.8 Å². The molecule has 0 fully saturated rings. The van der Waals surface area contributed by atoms with Crippen molar-refractivity contribution in [1.29, 1.82) is 0 Å². The van der Waals surface area contributed by atoms with E-state index in [0.29, 0.717) is 6.42 Å². The predicted octanol–water partition coefficient (Wildman–Crippen LogP) is 3.13. The molecule has 2 aliphatic heterocycles. The molecule has 1 spiro atoms. The fourth-order valence-corrected chi connectivity index (χ4v) is 4.84. The molecule has 5 rings (SSSR count). The highest BCUT2D eigenvalue weighted by molar-refractivity contribution is 5.62.